The molecule has 2 atom stereocenters. The molecule has 1 aromatic rings. The van der Waals surface area contributed by atoms with Crippen LogP contribution < -0.4 is 10.6 Å². The van der Waals surface area contributed by atoms with Crippen LogP contribution in [-0.2, 0) is 13.5 Å². The molecule has 2 heterocycles. The molecule has 1 fully saturated rings. The highest BCUT2D eigenvalue weighted by Gasteiger charge is 2.17. The summed E-state index contributed by atoms with van der Waals surface area (Å²) in [7, 11) is 4.22. The minimum atomic E-state index is 0.313. The SMILES string of the molecule is CCNC(=NCC1CCCN(C)C1)NC(C)Cc1c(C)nn(C)c1C. The molecule has 6 heteroatoms. The van der Waals surface area contributed by atoms with E-state index in [2.05, 4.69) is 55.4 Å². The zero-order valence-electron chi connectivity index (χ0n) is 16.9. The molecule has 25 heavy (non-hydrogen) atoms. The summed E-state index contributed by atoms with van der Waals surface area (Å²) in [5.74, 6) is 1.61. The Morgan fingerprint density at radius 2 is 2.12 bits per heavy atom. The molecule has 142 valence electrons. The first-order valence-corrected chi connectivity index (χ1v) is 9.63. The number of aromatic nitrogens is 2. The fourth-order valence-corrected chi connectivity index (χ4v) is 3.67. The number of hydrogen-bond donors (Lipinski definition) is 2. The van der Waals surface area contributed by atoms with Gasteiger partial charge in [-0.1, -0.05) is 0 Å². The topological polar surface area (TPSA) is 57.5 Å². The Morgan fingerprint density at radius 1 is 1.36 bits per heavy atom. The van der Waals surface area contributed by atoms with Crippen molar-refractivity contribution in [1.82, 2.24) is 25.3 Å². The number of piperidine rings is 1. The van der Waals surface area contributed by atoms with Crippen LogP contribution in [0.4, 0.5) is 0 Å². The summed E-state index contributed by atoms with van der Waals surface area (Å²) < 4.78 is 1.97. The largest absolute Gasteiger partial charge is 0.357 e. The molecule has 0 bridgehead atoms. The number of nitrogens with zero attached hydrogens (tertiary/aromatic N) is 4. The summed E-state index contributed by atoms with van der Waals surface area (Å²) in [6.07, 6.45) is 3.54. The highest BCUT2D eigenvalue weighted by atomic mass is 15.3. The number of aryl methyl sites for hydroxylation is 2. The first-order valence-electron chi connectivity index (χ1n) is 9.63. The van der Waals surface area contributed by atoms with Crippen molar-refractivity contribution in [3.8, 4) is 0 Å². The van der Waals surface area contributed by atoms with Crippen molar-refractivity contribution in [3.63, 3.8) is 0 Å². The van der Waals surface area contributed by atoms with Crippen molar-refractivity contribution in [1.29, 1.82) is 0 Å². The normalized spacial score (nSPS) is 20.6. The fraction of sp³-hybridized carbons (Fsp3) is 0.789. The van der Waals surface area contributed by atoms with Crippen LogP contribution >= 0.6 is 0 Å². The van der Waals surface area contributed by atoms with Gasteiger partial charge in [-0.25, -0.2) is 0 Å². The van der Waals surface area contributed by atoms with E-state index in [4.69, 9.17) is 4.99 Å². The van der Waals surface area contributed by atoms with Gasteiger partial charge in [0.2, 0.25) is 0 Å². The fourth-order valence-electron chi connectivity index (χ4n) is 3.67. The van der Waals surface area contributed by atoms with E-state index in [1.807, 2.05) is 11.7 Å². The first-order chi connectivity index (χ1) is 11.9. The lowest BCUT2D eigenvalue weighted by Crippen LogP contribution is -2.43. The second-order valence-corrected chi connectivity index (χ2v) is 7.51. The predicted molar refractivity (Wildman–Crippen MR) is 105 cm³/mol. The Kier molecular flexibility index (Phi) is 7.29. The number of rotatable bonds is 6. The number of nitrogens with one attached hydrogen (secondary N) is 2. The van der Waals surface area contributed by atoms with E-state index in [0.717, 1.165) is 37.7 Å². The molecule has 1 aliphatic heterocycles. The Hall–Kier alpha value is -1.56. The van der Waals surface area contributed by atoms with E-state index >= 15 is 0 Å². The van der Waals surface area contributed by atoms with Crippen LogP contribution in [0.1, 0.15) is 43.6 Å². The van der Waals surface area contributed by atoms with E-state index in [1.54, 1.807) is 0 Å². The van der Waals surface area contributed by atoms with Crippen LogP contribution in [0.25, 0.3) is 0 Å². The van der Waals surface area contributed by atoms with Crippen LogP contribution in [0.3, 0.4) is 0 Å². The molecule has 0 aromatic carbocycles. The van der Waals surface area contributed by atoms with Gasteiger partial charge < -0.3 is 15.5 Å². The maximum atomic E-state index is 4.85. The van der Waals surface area contributed by atoms with Crippen molar-refractivity contribution in [2.45, 2.75) is 53.0 Å². The lowest BCUT2D eigenvalue weighted by atomic mass is 9.99. The van der Waals surface area contributed by atoms with Crippen molar-refractivity contribution in [2.24, 2.45) is 18.0 Å². The molecule has 0 radical (unpaired) electrons. The summed E-state index contributed by atoms with van der Waals surface area (Å²) in [5.41, 5.74) is 3.71. The van der Waals surface area contributed by atoms with Gasteiger partial charge in [-0.2, -0.15) is 5.10 Å². The molecule has 2 rings (SSSR count). The second-order valence-electron chi connectivity index (χ2n) is 7.51. The van der Waals surface area contributed by atoms with Crippen molar-refractivity contribution >= 4 is 5.96 Å². The number of guanidine groups is 1. The number of likely N-dealkylation sites (tertiary alicyclic amines) is 1. The molecule has 1 saturated heterocycles. The van der Waals surface area contributed by atoms with E-state index in [1.165, 1.54) is 30.6 Å². The third-order valence-corrected chi connectivity index (χ3v) is 5.13. The van der Waals surface area contributed by atoms with Gasteiger partial charge in [-0.15, -0.1) is 0 Å². The molecule has 0 saturated carbocycles. The Bertz CT molecular complexity index is 577. The molecule has 2 unspecified atom stereocenters. The summed E-state index contributed by atoms with van der Waals surface area (Å²) in [6, 6.07) is 0.313. The summed E-state index contributed by atoms with van der Waals surface area (Å²) in [5, 5.41) is 11.5. The van der Waals surface area contributed by atoms with E-state index in [9.17, 15) is 0 Å². The Balaban J connectivity index is 1.93. The lowest BCUT2D eigenvalue weighted by molar-refractivity contribution is 0.214. The Morgan fingerprint density at radius 3 is 2.72 bits per heavy atom. The minimum absolute atomic E-state index is 0.313. The van der Waals surface area contributed by atoms with Crippen LogP contribution in [0.15, 0.2) is 4.99 Å². The maximum Gasteiger partial charge on any atom is 0.191 e. The van der Waals surface area contributed by atoms with Gasteiger partial charge in [0.05, 0.1) is 5.69 Å². The van der Waals surface area contributed by atoms with Crippen molar-refractivity contribution in [2.75, 3.05) is 33.2 Å². The van der Waals surface area contributed by atoms with Crippen LogP contribution in [0.2, 0.25) is 0 Å². The van der Waals surface area contributed by atoms with Crippen LogP contribution in [-0.4, -0.2) is 59.9 Å². The highest BCUT2D eigenvalue weighted by Crippen LogP contribution is 2.16. The molecule has 0 spiro atoms. The molecule has 2 N–H and O–H groups in total. The molecular formula is C19H36N6. The van der Waals surface area contributed by atoms with Crippen molar-refractivity contribution in [3.05, 3.63) is 17.0 Å². The van der Waals surface area contributed by atoms with Gasteiger partial charge in [-0.3, -0.25) is 9.67 Å². The van der Waals surface area contributed by atoms with E-state index in [0.29, 0.717) is 12.0 Å². The zero-order valence-corrected chi connectivity index (χ0v) is 16.9. The van der Waals surface area contributed by atoms with Crippen molar-refractivity contribution < 1.29 is 0 Å². The van der Waals surface area contributed by atoms with E-state index < -0.39 is 0 Å². The lowest BCUT2D eigenvalue weighted by Gasteiger charge is -2.29. The monoisotopic (exact) mass is 348 g/mol. The zero-order chi connectivity index (χ0) is 18.4. The van der Waals surface area contributed by atoms with Gasteiger partial charge in [0.15, 0.2) is 5.96 Å². The number of aliphatic imine (C=N–C) groups is 1. The van der Waals surface area contributed by atoms with Gasteiger partial charge in [-0.05, 0) is 72.0 Å². The quantitative estimate of drug-likeness (QED) is 0.609. The summed E-state index contributed by atoms with van der Waals surface area (Å²) in [4.78, 5) is 7.27. The average molecular weight is 349 g/mol. The maximum absolute atomic E-state index is 4.85. The number of hydrogen-bond acceptors (Lipinski definition) is 3. The standard InChI is InChI=1S/C19H36N6/c1-7-20-19(21-12-17-9-8-10-24(5)13-17)22-14(2)11-18-15(3)23-25(6)16(18)4/h14,17H,7-13H2,1-6H3,(H2,20,21,22). The molecule has 1 aliphatic rings. The third kappa shape index (κ3) is 5.73. The summed E-state index contributed by atoms with van der Waals surface area (Å²) >= 11 is 0. The van der Waals surface area contributed by atoms with Crippen LogP contribution in [0.5, 0.6) is 0 Å². The predicted octanol–water partition coefficient (Wildman–Crippen LogP) is 1.86. The van der Waals surface area contributed by atoms with Crippen LogP contribution in [0, 0.1) is 19.8 Å². The smallest absolute Gasteiger partial charge is 0.191 e. The molecule has 0 amide bonds. The minimum Gasteiger partial charge on any atom is -0.357 e. The highest BCUT2D eigenvalue weighted by molar-refractivity contribution is 5.80. The van der Waals surface area contributed by atoms with E-state index in [-0.39, 0.29) is 0 Å². The van der Waals surface area contributed by atoms with Gasteiger partial charge in [0, 0.05) is 38.4 Å². The van der Waals surface area contributed by atoms with Gasteiger partial charge >= 0.3 is 0 Å². The average Bonchev–Trinajstić information content (AvgIpc) is 2.79. The van der Waals surface area contributed by atoms with Gasteiger partial charge in [0.25, 0.3) is 0 Å². The molecule has 0 aliphatic carbocycles. The molecule has 6 nitrogen and oxygen atoms in total. The van der Waals surface area contributed by atoms with Gasteiger partial charge in [0.1, 0.15) is 0 Å². The first kappa shape index (κ1) is 19.8. The second kappa shape index (κ2) is 9.22. The Labute approximate surface area is 153 Å². The molecule has 1 aromatic heterocycles. The molecular weight excluding hydrogens is 312 g/mol. The third-order valence-electron chi connectivity index (χ3n) is 5.13. The summed E-state index contributed by atoms with van der Waals surface area (Å²) in [6.45, 7) is 12.7.